The topological polar surface area (TPSA) is 64.4 Å². The van der Waals surface area contributed by atoms with Crippen molar-refractivity contribution in [2.45, 2.75) is 12.1 Å². The minimum absolute atomic E-state index is 0.00390. The number of benzene rings is 1. The SMILES string of the molecule is COc1ccc([C@H]([C@H](C(=O)c2ccco2)N2CCOCC2)N2CCOCC2)cc1. The molecule has 0 bridgehead atoms. The van der Waals surface area contributed by atoms with E-state index in [0.717, 1.165) is 24.4 Å². The van der Waals surface area contributed by atoms with E-state index in [4.69, 9.17) is 18.6 Å². The van der Waals surface area contributed by atoms with E-state index in [0.29, 0.717) is 45.3 Å². The summed E-state index contributed by atoms with van der Waals surface area (Å²) in [6, 6.07) is 11.1. The Bertz CT molecular complexity index is 765. The molecule has 0 aliphatic carbocycles. The molecule has 3 heterocycles. The van der Waals surface area contributed by atoms with Crippen LogP contribution in [-0.4, -0.2) is 81.3 Å². The first-order valence-corrected chi connectivity index (χ1v) is 10.1. The predicted molar refractivity (Wildman–Crippen MR) is 107 cm³/mol. The van der Waals surface area contributed by atoms with E-state index >= 15 is 0 Å². The van der Waals surface area contributed by atoms with Gasteiger partial charge < -0.3 is 18.6 Å². The van der Waals surface area contributed by atoms with Gasteiger partial charge in [0.15, 0.2) is 5.76 Å². The van der Waals surface area contributed by atoms with Gasteiger partial charge in [0.2, 0.25) is 5.78 Å². The van der Waals surface area contributed by atoms with E-state index in [-0.39, 0.29) is 17.9 Å². The smallest absolute Gasteiger partial charge is 0.216 e. The number of morpholine rings is 2. The number of carbonyl (C=O) groups excluding carboxylic acids is 1. The van der Waals surface area contributed by atoms with Gasteiger partial charge in [-0.1, -0.05) is 12.1 Å². The fourth-order valence-corrected chi connectivity index (χ4v) is 4.18. The van der Waals surface area contributed by atoms with E-state index in [1.807, 2.05) is 12.1 Å². The molecular weight excluding hydrogens is 372 g/mol. The highest BCUT2D eigenvalue weighted by Crippen LogP contribution is 2.32. The molecule has 7 nitrogen and oxygen atoms in total. The molecule has 1 aromatic carbocycles. The Morgan fingerprint density at radius 3 is 2.10 bits per heavy atom. The van der Waals surface area contributed by atoms with Gasteiger partial charge in [-0.25, -0.2) is 0 Å². The third-order valence-corrected chi connectivity index (χ3v) is 5.67. The second kappa shape index (κ2) is 9.54. The van der Waals surface area contributed by atoms with Crippen molar-refractivity contribution in [3.8, 4) is 5.75 Å². The monoisotopic (exact) mass is 400 g/mol. The van der Waals surface area contributed by atoms with Gasteiger partial charge in [-0.05, 0) is 29.8 Å². The number of hydrogen-bond donors (Lipinski definition) is 0. The fraction of sp³-hybridized carbons (Fsp3) is 0.500. The molecule has 0 saturated carbocycles. The van der Waals surface area contributed by atoms with Crippen molar-refractivity contribution in [2.75, 3.05) is 59.7 Å². The first-order chi connectivity index (χ1) is 14.3. The molecule has 7 heteroatoms. The van der Waals surface area contributed by atoms with Crippen molar-refractivity contribution in [3.05, 3.63) is 54.0 Å². The third kappa shape index (κ3) is 4.53. The number of rotatable bonds is 7. The summed E-state index contributed by atoms with van der Waals surface area (Å²) >= 11 is 0. The molecule has 0 spiro atoms. The van der Waals surface area contributed by atoms with Crippen LogP contribution in [0.3, 0.4) is 0 Å². The molecule has 0 unspecified atom stereocenters. The molecule has 0 radical (unpaired) electrons. The molecule has 0 N–H and O–H groups in total. The Morgan fingerprint density at radius 2 is 1.55 bits per heavy atom. The summed E-state index contributed by atoms with van der Waals surface area (Å²) in [7, 11) is 1.66. The van der Waals surface area contributed by atoms with Crippen LogP contribution in [0, 0.1) is 0 Å². The van der Waals surface area contributed by atoms with Crippen LogP contribution >= 0.6 is 0 Å². The first kappa shape index (κ1) is 20.1. The molecule has 2 aliphatic rings. The predicted octanol–water partition coefficient (Wildman–Crippen LogP) is 2.25. The lowest BCUT2D eigenvalue weighted by Gasteiger charge is -2.44. The summed E-state index contributed by atoms with van der Waals surface area (Å²) < 4.78 is 22.0. The highest BCUT2D eigenvalue weighted by molar-refractivity contribution is 5.98. The lowest BCUT2D eigenvalue weighted by atomic mass is 9.91. The molecule has 2 aromatic rings. The lowest BCUT2D eigenvalue weighted by Crippen LogP contribution is -2.55. The molecule has 2 fully saturated rings. The molecule has 29 heavy (non-hydrogen) atoms. The van der Waals surface area contributed by atoms with Crippen LogP contribution in [0.5, 0.6) is 5.75 Å². The Morgan fingerprint density at radius 1 is 0.931 bits per heavy atom. The van der Waals surface area contributed by atoms with Crippen molar-refractivity contribution in [1.29, 1.82) is 0 Å². The average Bonchev–Trinajstić information content (AvgIpc) is 3.33. The van der Waals surface area contributed by atoms with E-state index in [9.17, 15) is 4.79 Å². The maximum absolute atomic E-state index is 13.6. The summed E-state index contributed by atoms with van der Waals surface area (Å²) in [6.45, 7) is 5.57. The van der Waals surface area contributed by atoms with Gasteiger partial charge in [0, 0.05) is 26.2 Å². The molecule has 2 aliphatic heterocycles. The number of ketones is 1. The maximum Gasteiger partial charge on any atom is 0.216 e. The van der Waals surface area contributed by atoms with Gasteiger partial charge in [-0.15, -0.1) is 0 Å². The van der Waals surface area contributed by atoms with Crippen molar-refractivity contribution in [2.24, 2.45) is 0 Å². The highest BCUT2D eigenvalue weighted by atomic mass is 16.5. The fourth-order valence-electron chi connectivity index (χ4n) is 4.18. The summed E-state index contributed by atoms with van der Waals surface area (Å²) in [5.41, 5.74) is 1.09. The maximum atomic E-state index is 13.6. The van der Waals surface area contributed by atoms with Crippen LogP contribution in [0.15, 0.2) is 47.1 Å². The van der Waals surface area contributed by atoms with E-state index in [1.165, 1.54) is 0 Å². The van der Waals surface area contributed by atoms with Gasteiger partial charge in [0.25, 0.3) is 0 Å². The minimum atomic E-state index is -0.364. The molecule has 156 valence electrons. The van der Waals surface area contributed by atoms with Crippen LogP contribution in [0.25, 0.3) is 0 Å². The number of hydrogen-bond acceptors (Lipinski definition) is 7. The van der Waals surface area contributed by atoms with Crippen LogP contribution in [0.4, 0.5) is 0 Å². The second-order valence-electron chi connectivity index (χ2n) is 7.30. The Labute approximate surface area is 171 Å². The van der Waals surface area contributed by atoms with Crippen molar-refractivity contribution < 1.29 is 23.4 Å². The van der Waals surface area contributed by atoms with Crippen molar-refractivity contribution >= 4 is 5.78 Å². The molecule has 1 aromatic heterocycles. The van der Waals surface area contributed by atoms with Crippen LogP contribution < -0.4 is 4.74 Å². The zero-order valence-electron chi connectivity index (χ0n) is 16.8. The number of methoxy groups -OCH3 is 1. The molecule has 2 atom stereocenters. The normalized spacial score (nSPS) is 20.9. The second-order valence-corrected chi connectivity index (χ2v) is 7.30. The number of carbonyl (C=O) groups is 1. The van der Waals surface area contributed by atoms with Crippen LogP contribution in [0.1, 0.15) is 22.2 Å². The quantitative estimate of drug-likeness (QED) is 0.661. The first-order valence-electron chi connectivity index (χ1n) is 10.1. The average molecular weight is 400 g/mol. The Hall–Kier alpha value is -2.19. The zero-order valence-corrected chi connectivity index (χ0v) is 16.8. The lowest BCUT2D eigenvalue weighted by molar-refractivity contribution is -0.0307. The van der Waals surface area contributed by atoms with Crippen molar-refractivity contribution in [3.63, 3.8) is 0 Å². The van der Waals surface area contributed by atoms with E-state index < -0.39 is 0 Å². The van der Waals surface area contributed by atoms with Crippen molar-refractivity contribution in [1.82, 2.24) is 9.80 Å². The summed E-state index contributed by atoms with van der Waals surface area (Å²) in [4.78, 5) is 18.2. The minimum Gasteiger partial charge on any atom is -0.497 e. The van der Waals surface area contributed by atoms with Gasteiger partial charge in [-0.2, -0.15) is 0 Å². The number of furan rings is 1. The van der Waals surface area contributed by atoms with Gasteiger partial charge in [0.05, 0.1) is 51.9 Å². The van der Waals surface area contributed by atoms with E-state index in [2.05, 4.69) is 21.9 Å². The van der Waals surface area contributed by atoms with Crippen LogP contribution in [-0.2, 0) is 9.47 Å². The summed E-state index contributed by atoms with van der Waals surface area (Å²) in [5.74, 6) is 1.20. The summed E-state index contributed by atoms with van der Waals surface area (Å²) in [6.07, 6.45) is 1.56. The highest BCUT2D eigenvalue weighted by Gasteiger charge is 2.40. The molecular formula is C22H28N2O5. The zero-order chi connectivity index (χ0) is 20.1. The Kier molecular flexibility index (Phi) is 6.61. The van der Waals surface area contributed by atoms with Gasteiger partial charge >= 0.3 is 0 Å². The van der Waals surface area contributed by atoms with Gasteiger partial charge in [0.1, 0.15) is 5.75 Å². The third-order valence-electron chi connectivity index (χ3n) is 5.67. The number of ether oxygens (including phenoxy) is 3. The van der Waals surface area contributed by atoms with E-state index in [1.54, 1.807) is 25.5 Å². The molecule has 4 rings (SSSR count). The molecule has 0 amide bonds. The molecule has 2 saturated heterocycles. The van der Waals surface area contributed by atoms with Gasteiger partial charge in [-0.3, -0.25) is 14.6 Å². The van der Waals surface area contributed by atoms with Crippen LogP contribution in [0.2, 0.25) is 0 Å². The Balaban J connectivity index is 1.74. The number of nitrogens with zero attached hydrogens (tertiary/aromatic N) is 2. The standard InChI is InChI=1S/C22H28N2O5/c1-26-18-6-4-17(5-7-18)20(23-8-13-27-14-9-23)21(24-10-15-28-16-11-24)22(25)19-3-2-12-29-19/h2-7,12,20-21H,8-11,13-16H2,1H3/t20-,21-/m1/s1. The summed E-state index contributed by atoms with van der Waals surface area (Å²) in [5, 5.41) is 0. The largest absolute Gasteiger partial charge is 0.497 e. The number of Topliss-reactive ketones (excluding diaryl/α,β-unsaturated/α-hetero) is 1.